The molecule has 0 saturated heterocycles. The van der Waals surface area contributed by atoms with Crippen LogP contribution in [0, 0.1) is 23.0 Å². The van der Waals surface area contributed by atoms with Gasteiger partial charge in [0.05, 0.1) is 0 Å². The van der Waals surface area contributed by atoms with E-state index in [9.17, 15) is 8.78 Å². The van der Waals surface area contributed by atoms with Crippen LogP contribution in [0.2, 0.25) is 0 Å². The van der Waals surface area contributed by atoms with E-state index in [0.29, 0.717) is 0 Å². The molecule has 0 bridgehead atoms. The van der Waals surface area contributed by atoms with Crippen LogP contribution in [0.15, 0.2) is 12.1 Å². The highest BCUT2D eigenvalue weighted by atomic mass is 19.1. The van der Waals surface area contributed by atoms with Crippen LogP contribution in [0.5, 0.6) is 5.75 Å². The van der Waals surface area contributed by atoms with Crippen molar-refractivity contribution in [3.8, 4) is 11.8 Å². The lowest BCUT2D eigenvalue weighted by Crippen LogP contribution is -2.01. The molecule has 1 aromatic rings. The van der Waals surface area contributed by atoms with Crippen LogP contribution in [-0.2, 0) is 0 Å². The van der Waals surface area contributed by atoms with Crippen molar-refractivity contribution >= 4 is 7.69 Å². The van der Waals surface area contributed by atoms with Crippen molar-refractivity contribution in [3.63, 3.8) is 0 Å². The van der Waals surface area contributed by atoms with Gasteiger partial charge in [-0.15, -0.1) is 0 Å². The van der Waals surface area contributed by atoms with Crippen LogP contribution in [0.25, 0.3) is 0 Å². The Bertz CT molecular complexity index is 341. The van der Waals surface area contributed by atoms with Crippen LogP contribution in [0.3, 0.4) is 0 Å². The van der Waals surface area contributed by atoms with Crippen LogP contribution < -0.4 is 4.65 Å². The Hall–Kier alpha value is -1.61. The Kier molecular flexibility index (Phi) is 2.82. The van der Waals surface area contributed by atoms with Crippen molar-refractivity contribution in [3.05, 3.63) is 29.3 Å². The van der Waals surface area contributed by atoms with Gasteiger partial charge in [-0.2, -0.15) is 5.26 Å². The minimum absolute atomic E-state index is 0.156. The minimum Gasteiger partial charge on any atom is -0.539 e. The van der Waals surface area contributed by atoms with Crippen molar-refractivity contribution in [2.75, 3.05) is 0 Å². The fourth-order valence-corrected chi connectivity index (χ4v) is 0.815. The molecule has 1 N–H and O–H groups in total. The van der Waals surface area contributed by atoms with E-state index < -0.39 is 24.9 Å². The third-order valence-electron chi connectivity index (χ3n) is 1.36. The number of hydrogen-bond donors (Lipinski definition) is 1. The molecule has 66 valence electrons. The first kappa shape index (κ1) is 9.48. The predicted octanol–water partition coefficient (Wildman–Crippen LogP) is 0.474. The average Bonchev–Trinajstić information content (AvgIpc) is 2.04. The number of rotatable bonds is 2. The van der Waals surface area contributed by atoms with E-state index in [1.807, 2.05) is 0 Å². The van der Waals surface area contributed by atoms with Gasteiger partial charge in [0.15, 0.2) is 0 Å². The molecular weight excluding hydrogens is 179 g/mol. The first-order valence-corrected chi connectivity index (χ1v) is 3.32. The fourth-order valence-electron chi connectivity index (χ4n) is 0.815. The minimum atomic E-state index is -1.01. The predicted molar refractivity (Wildman–Crippen MR) is 41.1 cm³/mol. The van der Waals surface area contributed by atoms with Gasteiger partial charge >= 0.3 is 7.69 Å². The maximum absolute atomic E-state index is 12.8. The lowest BCUT2D eigenvalue weighted by Gasteiger charge is -2.02. The standard InChI is InChI=1S/C7H4BF2NO2/c9-6-1-4(13-8-12)2-7(10)5(6)3-11/h1-2,8,12H. The third kappa shape index (κ3) is 1.95. The molecule has 0 amide bonds. The van der Waals surface area contributed by atoms with Crippen molar-refractivity contribution in [1.82, 2.24) is 0 Å². The van der Waals surface area contributed by atoms with E-state index >= 15 is 0 Å². The van der Waals surface area contributed by atoms with E-state index in [4.69, 9.17) is 10.3 Å². The topological polar surface area (TPSA) is 53.2 Å². The largest absolute Gasteiger partial charge is 0.539 e. The Morgan fingerprint density at radius 2 is 1.92 bits per heavy atom. The van der Waals surface area contributed by atoms with E-state index in [1.54, 1.807) is 0 Å². The zero-order valence-electron chi connectivity index (χ0n) is 6.42. The van der Waals surface area contributed by atoms with Gasteiger partial charge in [-0.3, -0.25) is 0 Å². The van der Waals surface area contributed by atoms with E-state index in [0.717, 1.165) is 12.1 Å². The SMILES string of the molecule is N#Cc1c(F)cc(OBO)cc1F. The maximum Gasteiger partial charge on any atom is 0.504 e. The fraction of sp³-hybridized carbons (Fsp3) is 0. The molecule has 0 radical (unpaired) electrons. The molecule has 3 nitrogen and oxygen atoms in total. The van der Waals surface area contributed by atoms with Crippen LogP contribution >= 0.6 is 0 Å². The summed E-state index contributed by atoms with van der Waals surface area (Å²) in [6.07, 6.45) is 0. The van der Waals surface area contributed by atoms with E-state index in [-0.39, 0.29) is 5.75 Å². The van der Waals surface area contributed by atoms with Gasteiger partial charge < -0.3 is 9.68 Å². The Balaban J connectivity index is 3.14. The maximum atomic E-state index is 12.8. The second-order valence-electron chi connectivity index (χ2n) is 2.15. The number of benzene rings is 1. The molecule has 0 fully saturated rings. The summed E-state index contributed by atoms with van der Waals surface area (Å²) in [6.45, 7) is 0. The molecule has 0 aliphatic rings. The summed E-state index contributed by atoms with van der Waals surface area (Å²) < 4.78 is 30.1. The second-order valence-corrected chi connectivity index (χ2v) is 2.15. The zero-order chi connectivity index (χ0) is 9.84. The first-order valence-electron chi connectivity index (χ1n) is 3.32. The average molecular weight is 183 g/mol. The van der Waals surface area contributed by atoms with Gasteiger partial charge in [-0.25, -0.2) is 8.78 Å². The quantitative estimate of drug-likeness (QED) is 0.678. The number of nitrogens with zero attached hydrogens (tertiary/aromatic N) is 1. The van der Waals surface area contributed by atoms with Gasteiger partial charge in [0.25, 0.3) is 0 Å². The van der Waals surface area contributed by atoms with Gasteiger partial charge in [-0.1, -0.05) is 0 Å². The van der Waals surface area contributed by atoms with Crippen molar-refractivity contribution in [2.24, 2.45) is 0 Å². The van der Waals surface area contributed by atoms with E-state index in [1.165, 1.54) is 6.07 Å². The highest BCUT2D eigenvalue weighted by Gasteiger charge is 2.10. The molecular formula is C7H4BF2NO2. The number of nitriles is 1. The highest BCUT2D eigenvalue weighted by molar-refractivity contribution is 6.17. The number of hydrogen-bond acceptors (Lipinski definition) is 3. The third-order valence-corrected chi connectivity index (χ3v) is 1.36. The smallest absolute Gasteiger partial charge is 0.504 e. The van der Waals surface area contributed by atoms with Crippen molar-refractivity contribution in [2.45, 2.75) is 0 Å². The molecule has 1 aromatic carbocycles. The van der Waals surface area contributed by atoms with Gasteiger partial charge in [0, 0.05) is 12.1 Å². The molecule has 1 rings (SSSR count). The van der Waals surface area contributed by atoms with Crippen LogP contribution in [0.1, 0.15) is 5.56 Å². The molecule has 0 heterocycles. The molecule has 0 aliphatic carbocycles. The molecule has 6 heteroatoms. The van der Waals surface area contributed by atoms with Gasteiger partial charge in [-0.05, 0) is 0 Å². The monoisotopic (exact) mass is 183 g/mol. The van der Waals surface area contributed by atoms with Gasteiger partial charge in [0.2, 0.25) is 0 Å². The Morgan fingerprint density at radius 1 is 1.38 bits per heavy atom. The molecule has 0 aliphatic heterocycles. The molecule has 0 saturated carbocycles. The van der Waals surface area contributed by atoms with Crippen molar-refractivity contribution in [1.29, 1.82) is 5.26 Å². The second kappa shape index (κ2) is 3.87. The summed E-state index contributed by atoms with van der Waals surface area (Å²) in [6, 6.07) is 3.03. The number of halogens is 2. The summed E-state index contributed by atoms with van der Waals surface area (Å²) in [5, 5.41) is 16.6. The van der Waals surface area contributed by atoms with Crippen LogP contribution in [-0.4, -0.2) is 12.7 Å². The summed E-state index contributed by atoms with van der Waals surface area (Å²) in [5.74, 6) is -2.17. The summed E-state index contributed by atoms with van der Waals surface area (Å²) in [4.78, 5) is 0. The molecule has 0 unspecified atom stereocenters. The Morgan fingerprint density at radius 3 is 2.31 bits per heavy atom. The van der Waals surface area contributed by atoms with Gasteiger partial charge in [0.1, 0.15) is 29.0 Å². The summed E-state index contributed by atoms with van der Waals surface area (Å²) in [7, 11) is -0.676. The normalized spacial score (nSPS) is 9.08. The summed E-state index contributed by atoms with van der Waals surface area (Å²) in [5.41, 5.74) is -0.662. The van der Waals surface area contributed by atoms with Crippen molar-refractivity contribution < 1.29 is 18.5 Å². The Labute approximate surface area is 73.5 Å². The molecule has 0 atom stereocenters. The zero-order valence-corrected chi connectivity index (χ0v) is 6.42. The highest BCUT2D eigenvalue weighted by Crippen LogP contribution is 2.19. The molecule has 0 aromatic heterocycles. The first-order chi connectivity index (χ1) is 6.19. The lowest BCUT2D eigenvalue weighted by atomic mass is 10.2. The lowest BCUT2D eigenvalue weighted by molar-refractivity contribution is 0.447. The summed E-state index contributed by atoms with van der Waals surface area (Å²) >= 11 is 0. The molecule has 0 spiro atoms. The van der Waals surface area contributed by atoms with Crippen LogP contribution in [0.4, 0.5) is 8.78 Å². The molecule has 13 heavy (non-hydrogen) atoms. The van der Waals surface area contributed by atoms with E-state index in [2.05, 4.69) is 4.65 Å².